The number of nitrogens with one attached hydrogen (secondary N) is 1. The van der Waals surface area contributed by atoms with E-state index in [2.05, 4.69) is 15.5 Å². The molecule has 6 nitrogen and oxygen atoms in total. The van der Waals surface area contributed by atoms with Crippen molar-refractivity contribution in [2.75, 3.05) is 16.8 Å². The van der Waals surface area contributed by atoms with Gasteiger partial charge in [-0.3, -0.25) is 10.1 Å². The lowest BCUT2D eigenvalue weighted by Gasteiger charge is -2.06. The number of nitrogens with zero attached hydrogens (tertiary/aromatic N) is 2. The van der Waals surface area contributed by atoms with E-state index in [0.717, 1.165) is 0 Å². The molecule has 0 aliphatic heterocycles. The van der Waals surface area contributed by atoms with E-state index < -0.39 is 0 Å². The van der Waals surface area contributed by atoms with E-state index in [-0.39, 0.29) is 23.6 Å². The Hall–Kier alpha value is -1.73. The number of carbonyl (C=O) groups excluding carboxylic acids is 1. The minimum absolute atomic E-state index is 0.0939. The van der Waals surface area contributed by atoms with Crippen LogP contribution in [0.15, 0.2) is 27.5 Å². The molecule has 3 N–H and O–H groups in total. The van der Waals surface area contributed by atoms with E-state index in [1.54, 1.807) is 18.2 Å². The molecule has 0 saturated heterocycles. The molecule has 2 aromatic rings. The molecule has 1 heterocycles. The molecule has 0 bridgehead atoms. The van der Waals surface area contributed by atoms with Gasteiger partial charge in [0.15, 0.2) is 0 Å². The molecule has 112 valence electrons. The van der Waals surface area contributed by atoms with E-state index in [4.69, 9.17) is 21.8 Å². The topological polar surface area (TPSA) is 94.0 Å². The molecule has 8 heteroatoms. The van der Waals surface area contributed by atoms with Crippen molar-refractivity contribution in [3.05, 3.63) is 29.1 Å². The Bertz CT molecular complexity index is 625. The zero-order valence-corrected chi connectivity index (χ0v) is 13.2. The number of hydrogen-bond donors (Lipinski definition) is 2. The monoisotopic (exact) mass is 326 g/mol. The third-order valence-corrected chi connectivity index (χ3v) is 4.10. The molecule has 1 aromatic heterocycles. The van der Waals surface area contributed by atoms with Crippen LogP contribution in [0.5, 0.6) is 0 Å². The van der Waals surface area contributed by atoms with Gasteiger partial charge in [-0.05, 0) is 12.1 Å². The van der Waals surface area contributed by atoms with Crippen LogP contribution < -0.4 is 11.1 Å². The van der Waals surface area contributed by atoms with Gasteiger partial charge in [0.25, 0.3) is 0 Å². The molecule has 0 unspecified atom stereocenters. The van der Waals surface area contributed by atoms with Crippen LogP contribution in [0, 0.1) is 0 Å². The Labute approximate surface area is 131 Å². The van der Waals surface area contributed by atoms with E-state index in [1.807, 2.05) is 13.8 Å². The number of nitrogens with two attached hydrogens (primary N) is 1. The summed E-state index contributed by atoms with van der Waals surface area (Å²) in [7, 11) is 0. The van der Waals surface area contributed by atoms with Crippen LogP contribution in [0.1, 0.15) is 25.7 Å². The van der Waals surface area contributed by atoms with Crippen molar-refractivity contribution in [3.63, 3.8) is 0 Å². The number of benzene rings is 1. The number of rotatable bonds is 5. The summed E-state index contributed by atoms with van der Waals surface area (Å²) in [4.78, 5) is 12.5. The largest absolute Gasteiger partial charge is 0.408 e. The molecule has 0 fully saturated rings. The van der Waals surface area contributed by atoms with E-state index in [1.165, 1.54) is 11.8 Å². The highest BCUT2D eigenvalue weighted by atomic mass is 35.5. The first-order chi connectivity index (χ1) is 9.97. The summed E-state index contributed by atoms with van der Waals surface area (Å²) in [5, 5.41) is 10.7. The SMILES string of the molecule is CC(C)c1nnc(NC(=O)CSc2c(N)cccc2Cl)o1. The van der Waals surface area contributed by atoms with Crippen molar-refractivity contribution < 1.29 is 9.21 Å². The number of aromatic nitrogens is 2. The third kappa shape index (κ3) is 4.12. The first-order valence-corrected chi connectivity index (χ1v) is 7.63. The average Bonchev–Trinajstić information content (AvgIpc) is 2.87. The minimum Gasteiger partial charge on any atom is -0.408 e. The first-order valence-electron chi connectivity index (χ1n) is 6.27. The number of amides is 1. The Morgan fingerprint density at radius 2 is 2.24 bits per heavy atom. The van der Waals surface area contributed by atoms with Gasteiger partial charge >= 0.3 is 6.01 Å². The van der Waals surface area contributed by atoms with Crippen LogP contribution >= 0.6 is 23.4 Å². The number of anilines is 2. The van der Waals surface area contributed by atoms with Crippen LogP contribution in [0.3, 0.4) is 0 Å². The van der Waals surface area contributed by atoms with Crippen molar-refractivity contribution >= 4 is 41.0 Å². The first kappa shape index (κ1) is 15.7. The molecule has 0 spiro atoms. The molecule has 21 heavy (non-hydrogen) atoms. The molecular weight excluding hydrogens is 312 g/mol. The van der Waals surface area contributed by atoms with Gasteiger partial charge in [-0.25, -0.2) is 0 Å². The highest BCUT2D eigenvalue weighted by Gasteiger charge is 2.13. The summed E-state index contributed by atoms with van der Waals surface area (Å²) in [5.41, 5.74) is 6.36. The number of hydrogen-bond acceptors (Lipinski definition) is 6. The van der Waals surface area contributed by atoms with Gasteiger partial charge in [0.05, 0.1) is 10.8 Å². The molecule has 0 saturated carbocycles. The highest BCUT2D eigenvalue weighted by molar-refractivity contribution is 8.00. The van der Waals surface area contributed by atoms with Gasteiger partial charge in [0, 0.05) is 16.5 Å². The van der Waals surface area contributed by atoms with Crippen molar-refractivity contribution in [1.82, 2.24) is 10.2 Å². The number of carbonyl (C=O) groups is 1. The fraction of sp³-hybridized carbons (Fsp3) is 0.308. The fourth-order valence-corrected chi connectivity index (χ4v) is 2.62. The Morgan fingerprint density at radius 3 is 2.86 bits per heavy atom. The second-order valence-electron chi connectivity index (χ2n) is 4.60. The molecule has 0 radical (unpaired) electrons. The van der Waals surface area contributed by atoms with Gasteiger partial charge in [-0.15, -0.1) is 16.9 Å². The quantitative estimate of drug-likeness (QED) is 0.647. The highest BCUT2D eigenvalue weighted by Crippen LogP contribution is 2.32. The lowest BCUT2D eigenvalue weighted by Crippen LogP contribution is -2.14. The number of nitrogen functional groups attached to an aromatic ring is 1. The van der Waals surface area contributed by atoms with Crippen LogP contribution in [-0.4, -0.2) is 21.9 Å². The lowest BCUT2D eigenvalue weighted by molar-refractivity contribution is -0.113. The average molecular weight is 327 g/mol. The van der Waals surface area contributed by atoms with Crippen LogP contribution in [-0.2, 0) is 4.79 Å². The lowest BCUT2D eigenvalue weighted by atomic mass is 10.2. The third-order valence-electron chi connectivity index (χ3n) is 2.53. The second-order valence-corrected chi connectivity index (χ2v) is 5.99. The molecule has 1 aromatic carbocycles. The molecule has 1 amide bonds. The van der Waals surface area contributed by atoms with Crippen LogP contribution in [0.25, 0.3) is 0 Å². The smallest absolute Gasteiger partial charge is 0.322 e. The van der Waals surface area contributed by atoms with Crippen molar-refractivity contribution in [2.24, 2.45) is 0 Å². The zero-order valence-electron chi connectivity index (χ0n) is 11.6. The standard InChI is InChI=1S/C13H15ClN4O2S/c1-7(2)12-17-18-13(20-12)16-10(19)6-21-11-8(14)4-3-5-9(11)15/h3-5,7H,6,15H2,1-2H3,(H,16,18,19). The van der Waals surface area contributed by atoms with Gasteiger partial charge in [-0.2, -0.15) is 0 Å². The van der Waals surface area contributed by atoms with E-state index in [0.29, 0.717) is 21.5 Å². The maximum atomic E-state index is 11.8. The van der Waals surface area contributed by atoms with Gasteiger partial charge in [-0.1, -0.05) is 36.6 Å². The molecule has 0 aliphatic rings. The maximum absolute atomic E-state index is 11.8. The van der Waals surface area contributed by atoms with E-state index in [9.17, 15) is 4.79 Å². The molecule has 0 aliphatic carbocycles. The molecule has 0 atom stereocenters. The van der Waals surface area contributed by atoms with Crippen LogP contribution in [0.4, 0.5) is 11.7 Å². The predicted octanol–water partition coefficient (Wildman–Crippen LogP) is 3.16. The predicted molar refractivity (Wildman–Crippen MR) is 83.6 cm³/mol. The Balaban J connectivity index is 1.93. The van der Waals surface area contributed by atoms with E-state index >= 15 is 0 Å². The minimum atomic E-state index is -0.265. The zero-order chi connectivity index (χ0) is 15.4. The molecule has 2 rings (SSSR count). The summed E-state index contributed by atoms with van der Waals surface area (Å²) in [6.07, 6.45) is 0. The summed E-state index contributed by atoms with van der Waals surface area (Å²) in [6, 6.07) is 5.31. The fourth-order valence-electron chi connectivity index (χ4n) is 1.49. The Morgan fingerprint density at radius 1 is 1.48 bits per heavy atom. The van der Waals surface area contributed by atoms with Gasteiger partial charge in [0.1, 0.15) is 0 Å². The number of halogens is 1. The summed E-state index contributed by atoms with van der Waals surface area (Å²) < 4.78 is 5.30. The van der Waals surface area contributed by atoms with Crippen molar-refractivity contribution in [1.29, 1.82) is 0 Å². The Kier molecular flexibility index (Phi) is 5.08. The summed E-state index contributed by atoms with van der Waals surface area (Å²) >= 11 is 7.29. The van der Waals surface area contributed by atoms with Crippen LogP contribution in [0.2, 0.25) is 5.02 Å². The van der Waals surface area contributed by atoms with Gasteiger partial charge < -0.3 is 10.2 Å². The number of thioether (sulfide) groups is 1. The van der Waals surface area contributed by atoms with Gasteiger partial charge in [0.2, 0.25) is 11.8 Å². The van der Waals surface area contributed by atoms with Crippen molar-refractivity contribution in [2.45, 2.75) is 24.7 Å². The normalized spacial score (nSPS) is 10.9. The summed E-state index contributed by atoms with van der Waals surface area (Å²) in [6.45, 7) is 3.85. The molecular formula is C13H15ClN4O2S. The second kappa shape index (κ2) is 6.82. The summed E-state index contributed by atoms with van der Waals surface area (Å²) in [5.74, 6) is 0.472. The van der Waals surface area contributed by atoms with Crippen molar-refractivity contribution in [3.8, 4) is 0 Å². The maximum Gasteiger partial charge on any atom is 0.322 e.